The molecule has 2 aliphatic heterocycles. The summed E-state index contributed by atoms with van der Waals surface area (Å²) in [5.41, 5.74) is 0.507. The first-order valence-corrected chi connectivity index (χ1v) is 10.4. The zero-order chi connectivity index (χ0) is 21.3. The molecule has 0 amide bonds. The number of benzene rings is 1. The first-order chi connectivity index (χ1) is 14.5. The number of likely N-dealkylation sites (N-methyl/N-ethyl adjacent to an activating group) is 1. The van der Waals surface area contributed by atoms with E-state index in [1.54, 1.807) is 6.07 Å². The zero-order valence-electron chi connectivity index (χ0n) is 17.6. The Hall–Kier alpha value is -2.33. The van der Waals surface area contributed by atoms with Crippen molar-refractivity contribution in [2.24, 2.45) is 4.99 Å². The second-order valence-electron chi connectivity index (χ2n) is 7.31. The van der Waals surface area contributed by atoms with Crippen LogP contribution in [0.3, 0.4) is 0 Å². The number of fused-ring (bicyclic) bond motifs is 1. The van der Waals surface area contributed by atoms with Crippen molar-refractivity contribution >= 4 is 5.96 Å². The lowest BCUT2D eigenvalue weighted by atomic mass is 10.1. The van der Waals surface area contributed by atoms with Gasteiger partial charge in [-0.25, -0.2) is 4.99 Å². The highest BCUT2D eigenvalue weighted by atomic mass is 19.3. The molecule has 1 fully saturated rings. The fraction of sp³-hybridized carbons (Fsp3) is 0.650. The number of guanidine groups is 1. The molecule has 10 heteroatoms. The molecule has 2 N–H and O–H groups in total. The number of nitrogens with one attached hydrogen (secondary N) is 2. The molecule has 0 spiro atoms. The molecule has 0 aliphatic carbocycles. The summed E-state index contributed by atoms with van der Waals surface area (Å²) in [5, 5.41) is 6.51. The normalized spacial score (nSPS) is 17.8. The van der Waals surface area contributed by atoms with Crippen LogP contribution in [0, 0.1) is 0 Å². The Balaban J connectivity index is 1.60. The van der Waals surface area contributed by atoms with E-state index in [-0.39, 0.29) is 19.1 Å². The van der Waals surface area contributed by atoms with Crippen molar-refractivity contribution < 1.29 is 23.0 Å². The van der Waals surface area contributed by atoms with Crippen molar-refractivity contribution in [2.45, 2.75) is 26.5 Å². The highest BCUT2D eigenvalue weighted by Crippen LogP contribution is 2.39. The molecule has 0 unspecified atom stereocenters. The van der Waals surface area contributed by atoms with Gasteiger partial charge in [-0.05, 0) is 39.5 Å². The average molecular weight is 427 g/mol. The van der Waals surface area contributed by atoms with E-state index in [1.165, 1.54) is 12.5 Å². The van der Waals surface area contributed by atoms with Crippen molar-refractivity contribution in [3.8, 4) is 17.2 Å². The predicted octanol–water partition coefficient (Wildman–Crippen LogP) is 1.71. The van der Waals surface area contributed by atoms with E-state index in [0.717, 1.165) is 39.3 Å². The van der Waals surface area contributed by atoms with Crippen LogP contribution in [0.25, 0.3) is 0 Å². The monoisotopic (exact) mass is 427 g/mol. The maximum atomic E-state index is 12.8. The van der Waals surface area contributed by atoms with E-state index in [4.69, 9.17) is 9.47 Å². The molecule has 1 saturated heterocycles. The third kappa shape index (κ3) is 6.60. The van der Waals surface area contributed by atoms with E-state index in [0.29, 0.717) is 29.6 Å². The fourth-order valence-corrected chi connectivity index (χ4v) is 3.46. The highest BCUT2D eigenvalue weighted by molar-refractivity contribution is 5.79. The smallest absolute Gasteiger partial charge is 0.387 e. The van der Waals surface area contributed by atoms with Gasteiger partial charge in [0.15, 0.2) is 17.5 Å². The second kappa shape index (κ2) is 11.2. The number of hydrogen-bond donors (Lipinski definition) is 2. The molecule has 0 aromatic heterocycles. The first-order valence-electron chi connectivity index (χ1n) is 10.4. The predicted molar refractivity (Wildman–Crippen MR) is 111 cm³/mol. The molecule has 2 heterocycles. The van der Waals surface area contributed by atoms with Gasteiger partial charge in [-0.15, -0.1) is 0 Å². The minimum atomic E-state index is -2.92. The van der Waals surface area contributed by atoms with Gasteiger partial charge in [0.25, 0.3) is 0 Å². The average Bonchev–Trinajstić information content (AvgIpc) is 3.06. The van der Waals surface area contributed by atoms with Crippen molar-refractivity contribution in [1.82, 2.24) is 20.4 Å². The quantitative estimate of drug-likeness (QED) is 0.484. The van der Waals surface area contributed by atoms with Crippen LogP contribution < -0.4 is 24.8 Å². The minimum Gasteiger partial charge on any atom is -0.454 e. The zero-order valence-corrected chi connectivity index (χ0v) is 17.6. The highest BCUT2D eigenvalue weighted by Gasteiger charge is 2.20. The van der Waals surface area contributed by atoms with Crippen molar-refractivity contribution in [3.05, 3.63) is 17.7 Å². The van der Waals surface area contributed by atoms with E-state index in [1.807, 2.05) is 6.92 Å². The molecule has 3 rings (SSSR count). The van der Waals surface area contributed by atoms with E-state index in [2.05, 4.69) is 37.2 Å². The van der Waals surface area contributed by atoms with Crippen LogP contribution in [-0.2, 0) is 6.54 Å². The van der Waals surface area contributed by atoms with Gasteiger partial charge < -0.3 is 34.6 Å². The lowest BCUT2D eigenvalue weighted by Crippen LogP contribution is -2.42. The maximum absolute atomic E-state index is 12.8. The standard InChI is InChI=1S/C20H31F2N5O3/c1-3-23-20(24-5-8-27-7-4-6-26(2)9-10-27)25-13-15-11-17-18(29-14-28-17)12-16(15)30-19(21)22/h11-12,19H,3-10,13-14H2,1-2H3,(H2,23,24,25). The number of halogens is 2. The molecule has 8 nitrogen and oxygen atoms in total. The van der Waals surface area contributed by atoms with Gasteiger partial charge in [0.2, 0.25) is 6.79 Å². The van der Waals surface area contributed by atoms with Crippen LogP contribution in [0.15, 0.2) is 17.1 Å². The SMILES string of the molecule is CCNC(=NCc1cc2c(cc1OC(F)F)OCO2)NCCN1CCCN(C)CC1. The lowest BCUT2D eigenvalue weighted by Gasteiger charge is -2.21. The molecule has 0 saturated carbocycles. The molecule has 0 radical (unpaired) electrons. The van der Waals surface area contributed by atoms with Gasteiger partial charge in [-0.1, -0.05) is 0 Å². The number of nitrogens with zero attached hydrogens (tertiary/aromatic N) is 3. The van der Waals surface area contributed by atoms with Gasteiger partial charge in [-0.2, -0.15) is 8.78 Å². The molecule has 30 heavy (non-hydrogen) atoms. The Labute approximate surface area is 176 Å². The van der Waals surface area contributed by atoms with Crippen molar-refractivity contribution in [2.75, 3.05) is 59.7 Å². The maximum Gasteiger partial charge on any atom is 0.387 e. The third-order valence-electron chi connectivity index (χ3n) is 5.06. The van der Waals surface area contributed by atoms with Gasteiger partial charge in [-0.3, -0.25) is 0 Å². The molecule has 168 valence electrons. The van der Waals surface area contributed by atoms with Crippen LogP contribution >= 0.6 is 0 Å². The lowest BCUT2D eigenvalue weighted by molar-refractivity contribution is -0.0505. The molecular weight excluding hydrogens is 396 g/mol. The summed E-state index contributed by atoms with van der Waals surface area (Å²) in [4.78, 5) is 9.32. The number of aliphatic imine (C=N–C) groups is 1. The number of rotatable bonds is 8. The summed E-state index contributed by atoms with van der Waals surface area (Å²) in [7, 11) is 2.15. The molecule has 1 aromatic carbocycles. The molecule has 0 bridgehead atoms. The first kappa shape index (κ1) is 22.4. The topological polar surface area (TPSA) is 70.6 Å². The Morgan fingerprint density at radius 3 is 2.73 bits per heavy atom. The summed E-state index contributed by atoms with van der Waals surface area (Å²) < 4.78 is 40.9. The third-order valence-corrected chi connectivity index (χ3v) is 5.06. The largest absolute Gasteiger partial charge is 0.454 e. The summed E-state index contributed by atoms with van der Waals surface area (Å²) >= 11 is 0. The summed E-state index contributed by atoms with van der Waals surface area (Å²) in [6.07, 6.45) is 1.17. The van der Waals surface area contributed by atoms with E-state index < -0.39 is 6.61 Å². The van der Waals surface area contributed by atoms with Gasteiger partial charge in [0.1, 0.15) is 5.75 Å². The van der Waals surface area contributed by atoms with Crippen molar-refractivity contribution in [3.63, 3.8) is 0 Å². The number of alkyl halides is 2. The molecular formula is C20H31F2N5O3. The van der Waals surface area contributed by atoms with Crippen LogP contribution in [0.5, 0.6) is 17.2 Å². The number of hydrogen-bond acceptors (Lipinski definition) is 6. The molecule has 0 atom stereocenters. The van der Waals surface area contributed by atoms with Gasteiger partial charge in [0, 0.05) is 44.4 Å². The minimum absolute atomic E-state index is 0.0440. The van der Waals surface area contributed by atoms with Gasteiger partial charge in [0.05, 0.1) is 6.54 Å². The van der Waals surface area contributed by atoms with Gasteiger partial charge >= 0.3 is 6.61 Å². The Kier molecular flexibility index (Phi) is 8.32. The van der Waals surface area contributed by atoms with Crippen LogP contribution in [0.4, 0.5) is 8.78 Å². The summed E-state index contributed by atoms with van der Waals surface area (Å²) in [5.74, 6) is 1.57. The number of ether oxygens (including phenoxy) is 3. The summed E-state index contributed by atoms with van der Waals surface area (Å²) in [6, 6.07) is 3.07. The molecule has 2 aliphatic rings. The van der Waals surface area contributed by atoms with Crippen molar-refractivity contribution in [1.29, 1.82) is 0 Å². The van der Waals surface area contributed by atoms with Crippen LogP contribution in [0.1, 0.15) is 18.9 Å². The molecule has 1 aromatic rings. The fourth-order valence-electron chi connectivity index (χ4n) is 3.46. The van der Waals surface area contributed by atoms with E-state index >= 15 is 0 Å². The summed E-state index contributed by atoms with van der Waals surface area (Å²) in [6.45, 7) is 6.00. The Morgan fingerprint density at radius 1 is 1.17 bits per heavy atom. The Bertz CT molecular complexity index is 720. The van der Waals surface area contributed by atoms with Crippen LogP contribution in [-0.4, -0.2) is 82.0 Å². The van der Waals surface area contributed by atoms with E-state index in [9.17, 15) is 8.78 Å². The van der Waals surface area contributed by atoms with Crippen LogP contribution in [0.2, 0.25) is 0 Å². The second-order valence-corrected chi connectivity index (χ2v) is 7.31. The Morgan fingerprint density at radius 2 is 1.97 bits per heavy atom.